The van der Waals surface area contributed by atoms with Crippen molar-refractivity contribution in [1.29, 1.82) is 0 Å². The summed E-state index contributed by atoms with van der Waals surface area (Å²) < 4.78 is 35.7. The van der Waals surface area contributed by atoms with E-state index < -0.39 is 16.0 Å². The zero-order chi connectivity index (χ0) is 19.3. The quantitative estimate of drug-likeness (QED) is 0.731. The third kappa shape index (κ3) is 4.89. The lowest BCUT2D eigenvalue weighted by Gasteiger charge is -2.15. The number of ether oxygens (including phenoxy) is 2. The van der Waals surface area contributed by atoms with Crippen LogP contribution < -0.4 is 14.2 Å². The SMILES string of the molecule is COc1ccc(C(=O)O)c(CCc2cccc(NS(C)(=O)=O)c2)c1OC. The van der Waals surface area contributed by atoms with Crippen LogP contribution in [0.25, 0.3) is 0 Å². The molecule has 0 radical (unpaired) electrons. The van der Waals surface area contributed by atoms with Crippen molar-refractivity contribution in [2.45, 2.75) is 12.8 Å². The maximum absolute atomic E-state index is 11.5. The number of hydrogen-bond acceptors (Lipinski definition) is 5. The van der Waals surface area contributed by atoms with Crippen LogP contribution in [-0.4, -0.2) is 40.0 Å². The van der Waals surface area contributed by atoms with Crippen molar-refractivity contribution in [2.24, 2.45) is 0 Å². The topological polar surface area (TPSA) is 102 Å². The Hall–Kier alpha value is -2.74. The van der Waals surface area contributed by atoms with Crippen LogP contribution in [0, 0.1) is 0 Å². The van der Waals surface area contributed by atoms with Gasteiger partial charge in [0.2, 0.25) is 10.0 Å². The van der Waals surface area contributed by atoms with Crippen LogP contribution in [0.1, 0.15) is 21.5 Å². The number of aromatic carboxylic acids is 1. The maximum atomic E-state index is 11.5. The molecule has 140 valence electrons. The minimum Gasteiger partial charge on any atom is -0.493 e. The molecular weight excluding hydrogens is 358 g/mol. The molecule has 0 saturated carbocycles. The molecule has 0 aliphatic rings. The maximum Gasteiger partial charge on any atom is 0.336 e. The van der Waals surface area contributed by atoms with Gasteiger partial charge in [-0.25, -0.2) is 13.2 Å². The molecule has 7 nitrogen and oxygen atoms in total. The number of hydrogen-bond donors (Lipinski definition) is 2. The number of sulfonamides is 1. The van der Waals surface area contributed by atoms with Gasteiger partial charge < -0.3 is 14.6 Å². The summed E-state index contributed by atoms with van der Waals surface area (Å²) in [6.07, 6.45) is 1.98. The second-order valence-corrected chi connectivity index (χ2v) is 7.46. The highest BCUT2D eigenvalue weighted by Gasteiger charge is 2.19. The van der Waals surface area contributed by atoms with Crippen molar-refractivity contribution in [3.8, 4) is 11.5 Å². The summed E-state index contributed by atoms with van der Waals surface area (Å²) in [5.41, 5.74) is 2.00. The molecule has 0 aliphatic carbocycles. The highest BCUT2D eigenvalue weighted by molar-refractivity contribution is 7.92. The van der Waals surface area contributed by atoms with Gasteiger partial charge in [0.1, 0.15) is 0 Å². The Balaban J connectivity index is 2.32. The van der Waals surface area contributed by atoms with Gasteiger partial charge in [-0.05, 0) is 42.7 Å². The van der Waals surface area contributed by atoms with E-state index in [-0.39, 0.29) is 5.56 Å². The molecule has 2 aromatic rings. The van der Waals surface area contributed by atoms with Gasteiger partial charge >= 0.3 is 5.97 Å². The first-order valence-corrected chi connectivity index (χ1v) is 9.68. The molecule has 0 bridgehead atoms. The summed E-state index contributed by atoms with van der Waals surface area (Å²) >= 11 is 0. The third-order valence-electron chi connectivity index (χ3n) is 3.77. The van der Waals surface area contributed by atoms with Crippen molar-refractivity contribution in [1.82, 2.24) is 0 Å². The molecule has 0 aromatic heterocycles. The summed E-state index contributed by atoms with van der Waals surface area (Å²) in [7, 11) is -0.412. The first kappa shape index (κ1) is 19.6. The number of rotatable bonds is 8. The zero-order valence-electron chi connectivity index (χ0n) is 14.8. The Kier molecular flexibility index (Phi) is 6.10. The van der Waals surface area contributed by atoms with Crippen LogP contribution in [0.15, 0.2) is 36.4 Å². The minimum atomic E-state index is -3.36. The van der Waals surface area contributed by atoms with Gasteiger partial charge in [-0.15, -0.1) is 0 Å². The molecule has 26 heavy (non-hydrogen) atoms. The van der Waals surface area contributed by atoms with Crippen LogP contribution in [0.4, 0.5) is 5.69 Å². The summed E-state index contributed by atoms with van der Waals surface area (Å²) in [5, 5.41) is 9.45. The fraction of sp³-hybridized carbons (Fsp3) is 0.278. The zero-order valence-corrected chi connectivity index (χ0v) is 15.6. The van der Waals surface area contributed by atoms with E-state index in [9.17, 15) is 18.3 Å². The predicted octanol–water partition coefficient (Wildman–Crippen LogP) is 2.56. The monoisotopic (exact) mass is 379 g/mol. The molecule has 2 N–H and O–H groups in total. The number of carboxylic acids is 1. The van der Waals surface area contributed by atoms with Gasteiger partial charge in [-0.1, -0.05) is 12.1 Å². The summed E-state index contributed by atoms with van der Waals surface area (Å²) in [6, 6.07) is 10.0. The Morgan fingerprint density at radius 1 is 1.12 bits per heavy atom. The molecule has 0 saturated heterocycles. The van der Waals surface area contributed by atoms with E-state index in [1.54, 1.807) is 24.3 Å². The van der Waals surface area contributed by atoms with Crippen molar-refractivity contribution >= 4 is 21.7 Å². The van der Waals surface area contributed by atoms with Gasteiger partial charge in [0.25, 0.3) is 0 Å². The standard InChI is InChI=1S/C18H21NO6S/c1-24-16-10-9-15(18(20)21)14(17(16)25-2)8-7-12-5-4-6-13(11-12)19-26(3,22)23/h4-6,9-11,19H,7-8H2,1-3H3,(H,20,21). The first-order chi connectivity index (χ1) is 12.2. The highest BCUT2D eigenvalue weighted by Crippen LogP contribution is 2.34. The first-order valence-electron chi connectivity index (χ1n) is 7.79. The normalized spacial score (nSPS) is 11.0. The van der Waals surface area contributed by atoms with E-state index in [4.69, 9.17) is 9.47 Å². The number of carboxylic acid groups (broad SMARTS) is 1. The molecular formula is C18H21NO6S. The van der Waals surface area contributed by atoms with Crippen LogP contribution >= 0.6 is 0 Å². The Labute approximate surface area is 152 Å². The lowest BCUT2D eigenvalue weighted by Crippen LogP contribution is -2.10. The molecule has 2 aromatic carbocycles. The lowest BCUT2D eigenvalue weighted by molar-refractivity contribution is 0.0695. The molecule has 8 heteroatoms. The number of anilines is 1. The molecule has 0 spiro atoms. The highest BCUT2D eigenvalue weighted by atomic mass is 32.2. The fourth-order valence-corrected chi connectivity index (χ4v) is 3.27. The Morgan fingerprint density at radius 3 is 2.42 bits per heavy atom. The van der Waals surface area contributed by atoms with E-state index in [2.05, 4.69) is 4.72 Å². The number of carbonyl (C=O) groups is 1. The molecule has 0 fully saturated rings. The smallest absolute Gasteiger partial charge is 0.336 e. The van der Waals surface area contributed by atoms with E-state index in [0.29, 0.717) is 35.6 Å². The minimum absolute atomic E-state index is 0.146. The Morgan fingerprint density at radius 2 is 1.85 bits per heavy atom. The largest absolute Gasteiger partial charge is 0.493 e. The lowest BCUT2D eigenvalue weighted by atomic mass is 9.98. The molecule has 0 heterocycles. The third-order valence-corrected chi connectivity index (χ3v) is 4.38. The summed E-state index contributed by atoms with van der Waals surface area (Å²) in [4.78, 5) is 11.5. The molecule has 2 rings (SSSR count). The van der Waals surface area contributed by atoms with Crippen molar-refractivity contribution in [3.63, 3.8) is 0 Å². The van der Waals surface area contributed by atoms with Gasteiger partial charge in [0.05, 0.1) is 26.0 Å². The Bertz CT molecular complexity index is 908. The van der Waals surface area contributed by atoms with E-state index in [1.807, 2.05) is 6.07 Å². The van der Waals surface area contributed by atoms with Gasteiger partial charge in [0, 0.05) is 11.3 Å². The molecule has 0 amide bonds. The average Bonchev–Trinajstić information content (AvgIpc) is 2.57. The second-order valence-electron chi connectivity index (χ2n) is 5.71. The molecule has 0 atom stereocenters. The van der Waals surface area contributed by atoms with Crippen molar-refractivity contribution in [2.75, 3.05) is 25.2 Å². The van der Waals surface area contributed by atoms with Crippen LogP contribution in [0.3, 0.4) is 0 Å². The summed E-state index contributed by atoms with van der Waals surface area (Å²) in [6.45, 7) is 0. The van der Waals surface area contributed by atoms with Crippen LogP contribution in [0.5, 0.6) is 11.5 Å². The van der Waals surface area contributed by atoms with Crippen molar-refractivity contribution < 1.29 is 27.8 Å². The van der Waals surface area contributed by atoms with Gasteiger partial charge in [0.15, 0.2) is 11.5 Å². The fourth-order valence-electron chi connectivity index (χ4n) is 2.71. The number of nitrogens with one attached hydrogen (secondary N) is 1. The number of methoxy groups -OCH3 is 2. The van der Waals surface area contributed by atoms with Crippen LogP contribution in [0.2, 0.25) is 0 Å². The summed E-state index contributed by atoms with van der Waals surface area (Å²) in [5.74, 6) is -0.203. The average molecular weight is 379 g/mol. The van der Waals surface area contributed by atoms with Crippen LogP contribution in [-0.2, 0) is 22.9 Å². The van der Waals surface area contributed by atoms with Gasteiger partial charge in [-0.2, -0.15) is 0 Å². The van der Waals surface area contributed by atoms with E-state index in [0.717, 1.165) is 11.8 Å². The molecule has 0 unspecified atom stereocenters. The second kappa shape index (κ2) is 8.09. The number of aryl methyl sites for hydroxylation is 1. The van der Waals surface area contributed by atoms with E-state index >= 15 is 0 Å². The van der Waals surface area contributed by atoms with Crippen molar-refractivity contribution in [3.05, 3.63) is 53.1 Å². The van der Waals surface area contributed by atoms with Gasteiger partial charge in [-0.3, -0.25) is 4.72 Å². The molecule has 0 aliphatic heterocycles. The van der Waals surface area contributed by atoms with E-state index in [1.165, 1.54) is 20.3 Å². The number of benzene rings is 2. The predicted molar refractivity (Wildman–Crippen MR) is 98.8 cm³/mol.